The number of phenolic OH excluding ortho intramolecular Hbond substituents is 1. The maximum Gasteiger partial charge on any atom is 0.339 e. The molecule has 2 aliphatic rings. The number of amides is 2. The summed E-state index contributed by atoms with van der Waals surface area (Å²) in [7, 11) is 0. The smallest absolute Gasteiger partial charge is 0.339 e. The van der Waals surface area contributed by atoms with Crippen molar-refractivity contribution in [1.82, 2.24) is 15.2 Å². The largest absolute Gasteiger partial charge is 0.508 e. The SMILES string of the molecule is CCN(CC)c1ccc2c(-c3ccccc3C(=O)OCC(=O)NCCOCCOCCNC(=O)/C=C/c3ccc(O)cc3)c3ccc(=[N+](CC)CC)cc-3oc2c1. The van der Waals surface area contributed by atoms with Crippen LogP contribution in [-0.4, -0.2) is 95.2 Å². The van der Waals surface area contributed by atoms with Crippen LogP contribution in [0.1, 0.15) is 43.6 Å². The summed E-state index contributed by atoms with van der Waals surface area (Å²) in [5, 5.41) is 16.7. The van der Waals surface area contributed by atoms with Crippen molar-refractivity contribution in [1.29, 1.82) is 0 Å². The summed E-state index contributed by atoms with van der Waals surface area (Å²) >= 11 is 0. The van der Waals surface area contributed by atoms with Gasteiger partial charge in [0, 0.05) is 66.6 Å². The summed E-state index contributed by atoms with van der Waals surface area (Å²) in [6.45, 7) is 13.2. The molecule has 0 unspecified atom stereocenters. The van der Waals surface area contributed by atoms with E-state index < -0.39 is 18.5 Å². The van der Waals surface area contributed by atoms with Gasteiger partial charge in [-0.15, -0.1) is 0 Å². The first-order valence-electron chi connectivity index (χ1n) is 19.5. The van der Waals surface area contributed by atoms with Crippen LogP contribution >= 0.6 is 0 Å². The molecule has 0 atom stereocenters. The molecule has 0 radical (unpaired) electrons. The molecule has 3 aromatic carbocycles. The number of nitrogens with zero attached hydrogens (tertiary/aromatic N) is 2. The minimum atomic E-state index is -0.611. The standard InChI is InChI=1S/C45H52N4O8/c1-5-48(6-2)33-16-20-38-40(29-33)57-41-30-34(49(7-3)8-4)17-21-39(41)44(38)36-11-9-10-12-37(36)45(53)56-31-43(52)47-24-26-55-28-27-54-25-23-46-42(51)22-15-32-13-18-35(50)19-14-32/h9-22,29-30H,5-8,23-28,31H2,1-4H3,(H2-,46,47,50,51,52)/p+1. The first kappa shape index (κ1) is 42.2. The Bertz CT molecular complexity index is 2180. The first-order chi connectivity index (χ1) is 27.8. The third-order valence-electron chi connectivity index (χ3n) is 9.50. The second-order valence-corrected chi connectivity index (χ2v) is 13.1. The fourth-order valence-corrected chi connectivity index (χ4v) is 6.51. The Morgan fingerprint density at radius 3 is 2.19 bits per heavy atom. The third-order valence-corrected chi connectivity index (χ3v) is 9.50. The van der Waals surface area contributed by atoms with Crippen molar-refractivity contribution in [2.24, 2.45) is 0 Å². The molecular formula is C45H53N4O8+. The van der Waals surface area contributed by atoms with Crippen LogP contribution in [0.25, 0.3) is 39.5 Å². The van der Waals surface area contributed by atoms with E-state index in [4.69, 9.17) is 18.6 Å². The Labute approximate surface area is 333 Å². The summed E-state index contributed by atoms with van der Waals surface area (Å²) in [4.78, 5) is 40.4. The zero-order valence-electron chi connectivity index (χ0n) is 33.2. The number of hydrogen-bond acceptors (Lipinski definition) is 9. The van der Waals surface area contributed by atoms with Crippen molar-refractivity contribution in [3.63, 3.8) is 0 Å². The number of aromatic hydroxyl groups is 1. The second-order valence-electron chi connectivity index (χ2n) is 13.1. The Morgan fingerprint density at radius 1 is 0.789 bits per heavy atom. The highest BCUT2D eigenvalue weighted by Crippen LogP contribution is 2.42. The van der Waals surface area contributed by atoms with Gasteiger partial charge in [-0.3, -0.25) is 9.59 Å². The molecule has 2 amide bonds. The lowest BCUT2D eigenvalue weighted by atomic mass is 9.90. The van der Waals surface area contributed by atoms with E-state index in [1.165, 1.54) is 6.08 Å². The molecule has 1 aliphatic carbocycles. The number of fused-ring (bicyclic) bond motifs is 2. The van der Waals surface area contributed by atoms with Crippen LogP contribution in [0.3, 0.4) is 0 Å². The topological polar surface area (TPSA) is 143 Å². The number of carbonyl (C=O) groups excluding carboxylic acids is 3. The van der Waals surface area contributed by atoms with Gasteiger partial charge in [0.25, 0.3) is 5.91 Å². The van der Waals surface area contributed by atoms with Crippen LogP contribution in [-0.2, 0) is 23.8 Å². The van der Waals surface area contributed by atoms with Gasteiger partial charge in [0.2, 0.25) is 11.3 Å². The Morgan fingerprint density at radius 2 is 1.49 bits per heavy atom. The van der Waals surface area contributed by atoms with Crippen molar-refractivity contribution in [2.75, 3.05) is 77.2 Å². The maximum absolute atomic E-state index is 13.6. The number of anilines is 1. The van der Waals surface area contributed by atoms with Crippen molar-refractivity contribution < 1.29 is 38.1 Å². The van der Waals surface area contributed by atoms with Crippen LogP contribution in [0.2, 0.25) is 0 Å². The third kappa shape index (κ3) is 11.5. The first-order valence-corrected chi connectivity index (χ1v) is 19.5. The van der Waals surface area contributed by atoms with Gasteiger partial charge in [-0.1, -0.05) is 30.3 Å². The molecule has 12 nitrogen and oxygen atoms in total. The summed E-state index contributed by atoms with van der Waals surface area (Å²) in [5.41, 5.74) is 5.29. The molecule has 1 aliphatic heterocycles. The van der Waals surface area contributed by atoms with E-state index in [-0.39, 0.29) is 24.8 Å². The summed E-state index contributed by atoms with van der Waals surface area (Å²) < 4.78 is 25.4. The molecular weight excluding hydrogens is 725 g/mol. The van der Waals surface area contributed by atoms with E-state index in [1.807, 2.05) is 24.3 Å². The van der Waals surface area contributed by atoms with E-state index in [9.17, 15) is 19.5 Å². The van der Waals surface area contributed by atoms with Gasteiger partial charge in [0.15, 0.2) is 6.61 Å². The quantitative estimate of drug-likeness (QED) is 0.0298. The normalized spacial score (nSPS) is 11.2. The average Bonchev–Trinajstić information content (AvgIpc) is 3.23. The highest BCUT2D eigenvalue weighted by molar-refractivity contribution is 6.08. The van der Waals surface area contributed by atoms with E-state index >= 15 is 0 Å². The highest BCUT2D eigenvalue weighted by atomic mass is 16.5. The molecule has 300 valence electrons. The molecule has 5 rings (SSSR count). The van der Waals surface area contributed by atoms with Crippen LogP contribution in [0.5, 0.6) is 5.75 Å². The molecule has 0 bridgehead atoms. The van der Waals surface area contributed by atoms with Gasteiger partial charge in [-0.25, -0.2) is 9.37 Å². The Kier molecular flexibility index (Phi) is 15.8. The van der Waals surface area contributed by atoms with Crippen molar-refractivity contribution in [2.45, 2.75) is 27.7 Å². The molecule has 0 saturated heterocycles. The summed E-state index contributed by atoms with van der Waals surface area (Å²) in [5.74, 6) is -0.441. The van der Waals surface area contributed by atoms with Crippen LogP contribution in [0.15, 0.2) is 95.4 Å². The Hall–Kier alpha value is -5.98. The van der Waals surface area contributed by atoms with E-state index in [0.717, 1.165) is 59.3 Å². The Balaban J connectivity index is 1.14. The predicted molar refractivity (Wildman–Crippen MR) is 223 cm³/mol. The number of esters is 1. The molecule has 3 N–H and O–H groups in total. The molecule has 0 spiro atoms. The minimum Gasteiger partial charge on any atom is -0.508 e. The minimum absolute atomic E-state index is 0.165. The molecule has 0 saturated carbocycles. The fraction of sp³-hybridized carbons (Fsp3) is 0.333. The lowest BCUT2D eigenvalue weighted by Crippen LogP contribution is -2.32. The van der Waals surface area contributed by atoms with Crippen LogP contribution in [0.4, 0.5) is 5.69 Å². The summed E-state index contributed by atoms with van der Waals surface area (Å²) in [6, 6.07) is 26.2. The molecule has 3 aromatic rings. The fourth-order valence-electron chi connectivity index (χ4n) is 6.51. The van der Waals surface area contributed by atoms with Crippen molar-refractivity contribution in [3.8, 4) is 28.2 Å². The van der Waals surface area contributed by atoms with Gasteiger partial charge in [-0.05, 0) is 81.3 Å². The molecule has 0 aromatic heterocycles. The number of carbonyl (C=O) groups is 3. The zero-order valence-corrected chi connectivity index (χ0v) is 33.2. The predicted octanol–water partition coefficient (Wildman–Crippen LogP) is 5.70. The molecule has 1 heterocycles. The number of rotatable bonds is 20. The highest BCUT2D eigenvalue weighted by Gasteiger charge is 2.24. The van der Waals surface area contributed by atoms with Gasteiger partial charge >= 0.3 is 5.97 Å². The average molecular weight is 778 g/mol. The number of hydrogen-bond donors (Lipinski definition) is 3. The van der Waals surface area contributed by atoms with Gasteiger partial charge in [0.05, 0.1) is 38.1 Å². The van der Waals surface area contributed by atoms with E-state index in [0.29, 0.717) is 48.8 Å². The van der Waals surface area contributed by atoms with Gasteiger partial charge < -0.3 is 39.3 Å². The van der Waals surface area contributed by atoms with Crippen molar-refractivity contribution in [3.05, 3.63) is 107 Å². The second kappa shape index (κ2) is 21.4. The maximum atomic E-state index is 13.6. The van der Waals surface area contributed by atoms with Crippen molar-refractivity contribution >= 4 is 40.5 Å². The number of ether oxygens (including phenoxy) is 3. The van der Waals surface area contributed by atoms with E-state index in [1.54, 1.807) is 42.5 Å². The lowest BCUT2D eigenvalue weighted by molar-refractivity contribution is -0.124. The number of phenols is 1. The van der Waals surface area contributed by atoms with Gasteiger partial charge in [0.1, 0.15) is 30.2 Å². The number of benzene rings is 4. The van der Waals surface area contributed by atoms with Crippen LogP contribution in [0, 0.1) is 0 Å². The molecule has 0 fully saturated rings. The molecule has 57 heavy (non-hydrogen) atoms. The van der Waals surface area contributed by atoms with E-state index in [2.05, 4.69) is 72.1 Å². The lowest BCUT2D eigenvalue weighted by Gasteiger charge is -2.22. The molecule has 12 heteroatoms. The zero-order chi connectivity index (χ0) is 40.6. The monoisotopic (exact) mass is 777 g/mol. The van der Waals surface area contributed by atoms with Gasteiger partial charge in [-0.2, -0.15) is 0 Å². The van der Waals surface area contributed by atoms with Crippen LogP contribution < -0.4 is 25.5 Å². The summed E-state index contributed by atoms with van der Waals surface area (Å²) in [6.07, 6.45) is 3.07. The number of nitrogens with one attached hydrogen (secondary N) is 2.